The predicted molar refractivity (Wildman–Crippen MR) is 59.5 cm³/mol. The normalized spacial score (nSPS) is 18.7. The van der Waals surface area contributed by atoms with Crippen LogP contribution in [0.2, 0.25) is 0 Å². The Kier molecular flexibility index (Phi) is 2.58. The third-order valence-corrected chi connectivity index (χ3v) is 2.71. The molecule has 1 aliphatic carbocycles. The van der Waals surface area contributed by atoms with E-state index in [0.29, 0.717) is 18.9 Å². The van der Waals surface area contributed by atoms with E-state index < -0.39 is 0 Å². The van der Waals surface area contributed by atoms with Crippen LogP contribution in [0.15, 0.2) is 30.9 Å². The summed E-state index contributed by atoms with van der Waals surface area (Å²) in [7, 11) is 0. The third kappa shape index (κ3) is 1.80. The molecular weight excluding hydrogens is 188 g/mol. The summed E-state index contributed by atoms with van der Waals surface area (Å²) in [6.07, 6.45) is 2.34. The molecule has 2 heteroatoms. The average Bonchev–Trinajstić information content (AvgIpc) is 2.52. The third-order valence-electron chi connectivity index (χ3n) is 2.71. The van der Waals surface area contributed by atoms with Crippen LogP contribution in [0.1, 0.15) is 35.2 Å². The summed E-state index contributed by atoms with van der Waals surface area (Å²) >= 11 is 0. The van der Waals surface area contributed by atoms with Gasteiger partial charge in [-0.25, -0.2) is 0 Å². The molecule has 0 bridgehead atoms. The van der Waals surface area contributed by atoms with Gasteiger partial charge in [0.25, 0.3) is 0 Å². The zero-order valence-electron chi connectivity index (χ0n) is 8.82. The Hall–Kier alpha value is -1.57. The van der Waals surface area contributed by atoms with Crippen molar-refractivity contribution in [1.82, 2.24) is 0 Å². The molecule has 2 nitrogen and oxygen atoms in total. The Morgan fingerprint density at radius 3 is 3.13 bits per heavy atom. The Bertz CT molecular complexity index is 407. The van der Waals surface area contributed by atoms with E-state index in [1.54, 1.807) is 6.08 Å². The van der Waals surface area contributed by atoms with Crippen molar-refractivity contribution < 1.29 is 9.53 Å². The Morgan fingerprint density at radius 2 is 2.40 bits per heavy atom. The van der Waals surface area contributed by atoms with Gasteiger partial charge in [-0.2, -0.15) is 0 Å². The topological polar surface area (TPSA) is 26.3 Å². The fraction of sp³-hybridized carbons (Fsp3) is 0.308. The van der Waals surface area contributed by atoms with Gasteiger partial charge in [-0.1, -0.05) is 19.6 Å². The Labute approximate surface area is 89.6 Å². The largest absolute Gasteiger partial charge is 0.490 e. The highest BCUT2D eigenvalue weighted by atomic mass is 16.5. The first-order valence-electron chi connectivity index (χ1n) is 5.13. The first-order chi connectivity index (χ1) is 7.22. The molecule has 1 aromatic carbocycles. The van der Waals surface area contributed by atoms with Crippen molar-refractivity contribution in [3.8, 4) is 5.75 Å². The summed E-state index contributed by atoms with van der Waals surface area (Å²) in [4.78, 5) is 11.5. The molecule has 0 aliphatic heterocycles. The van der Waals surface area contributed by atoms with E-state index in [9.17, 15) is 4.79 Å². The second-order valence-corrected chi connectivity index (χ2v) is 3.88. The minimum Gasteiger partial charge on any atom is -0.490 e. The van der Waals surface area contributed by atoms with Gasteiger partial charge in [-0.05, 0) is 29.7 Å². The van der Waals surface area contributed by atoms with E-state index in [1.165, 1.54) is 0 Å². The van der Waals surface area contributed by atoms with Gasteiger partial charge >= 0.3 is 0 Å². The van der Waals surface area contributed by atoms with Crippen LogP contribution in [0.4, 0.5) is 0 Å². The highest BCUT2D eigenvalue weighted by Gasteiger charge is 2.26. The molecular formula is C13H14O2. The molecule has 0 amide bonds. The van der Waals surface area contributed by atoms with Crippen molar-refractivity contribution in [2.45, 2.75) is 19.3 Å². The molecule has 1 aromatic rings. The Balaban J connectivity index is 2.30. The second-order valence-electron chi connectivity index (χ2n) is 3.88. The highest BCUT2D eigenvalue weighted by molar-refractivity contribution is 6.01. The molecule has 0 heterocycles. The lowest BCUT2D eigenvalue weighted by molar-refractivity contribution is 0.0990. The molecule has 0 aromatic heterocycles. The molecule has 15 heavy (non-hydrogen) atoms. The van der Waals surface area contributed by atoms with Crippen LogP contribution >= 0.6 is 0 Å². The van der Waals surface area contributed by atoms with Gasteiger partial charge in [-0.15, -0.1) is 0 Å². The average molecular weight is 202 g/mol. The van der Waals surface area contributed by atoms with Crippen LogP contribution in [0.5, 0.6) is 5.75 Å². The molecule has 2 rings (SSSR count). The number of rotatable bonds is 3. The van der Waals surface area contributed by atoms with Crippen LogP contribution in [-0.2, 0) is 0 Å². The van der Waals surface area contributed by atoms with Crippen molar-refractivity contribution in [2.24, 2.45) is 0 Å². The van der Waals surface area contributed by atoms with Crippen LogP contribution in [0, 0.1) is 0 Å². The maximum Gasteiger partial charge on any atom is 0.163 e. The number of benzene rings is 1. The summed E-state index contributed by atoms with van der Waals surface area (Å²) in [6.45, 7) is 6.17. The zero-order chi connectivity index (χ0) is 10.8. The molecule has 0 radical (unpaired) electrons. The quantitative estimate of drug-likeness (QED) is 0.704. The van der Waals surface area contributed by atoms with Crippen molar-refractivity contribution in [3.63, 3.8) is 0 Å². The number of hydrogen-bond acceptors (Lipinski definition) is 2. The van der Waals surface area contributed by atoms with Crippen molar-refractivity contribution in [1.29, 1.82) is 0 Å². The Morgan fingerprint density at radius 1 is 1.60 bits per heavy atom. The minimum absolute atomic E-state index is 0.243. The maximum absolute atomic E-state index is 11.5. The SMILES string of the molecule is C=CCOc1ccc2c(c1)C(C)CC2=O. The minimum atomic E-state index is 0.243. The first kappa shape index (κ1) is 9.97. The van der Waals surface area contributed by atoms with E-state index >= 15 is 0 Å². The number of hydrogen-bond donors (Lipinski definition) is 0. The summed E-state index contributed by atoms with van der Waals surface area (Å²) in [5, 5.41) is 0. The van der Waals surface area contributed by atoms with E-state index in [0.717, 1.165) is 16.9 Å². The van der Waals surface area contributed by atoms with E-state index in [2.05, 4.69) is 13.5 Å². The van der Waals surface area contributed by atoms with Crippen LogP contribution in [0.3, 0.4) is 0 Å². The summed E-state index contributed by atoms with van der Waals surface area (Å²) in [5.41, 5.74) is 1.97. The molecule has 1 atom stereocenters. The number of ketones is 1. The van der Waals surface area contributed by atoms with Gasteiger partial charge in [0.05, 0.1) is 0 Å². The molecule has 1 aliphatic rings. The van der Waals surface area contributed by atoms with Gasteiger partial charge in [0, 0.05) is 12.0 Å². The lowest BCUT2D eigenvalue weighted by atomic mass is 10.0. The van der Waals surface area contributed by atoms with Crippen molar-refractivity contribution in [2.75, 3.05) is 6.61 Å². The number of ether oxygens (including phenoxy) is 1. The fourth-order valence-electron chi connectivity index (χ4n) is 1.95. The van der Waals surface area contributed by atoms with Gasteiger partial charge in [-0.3, -0.25) is 4.79 Å². The van der Waals surface area contributed by atoms with Gasteiger partial charge in [0.15, 0.2) is 5.78 Å². The smallest absolute Gasteiger partial charge is 0.163 e. The van der Waals surface area contributed by atoms with Crippen LogP contribution in [-0.4, -0.2) is 12.4 Å². The summed E-state index contributed by atoms with van der Waals surface area (Å²) in [5.74, 6) is 1.38. The molecule has 0 N–H and O–H groups in total. The molecule has 0 fully saturated rings. The first-order valence-corrected chi connectivity index (χ1v) is 5.13. The van der Waals surface area contributed by atoms with Gasteiger partial charge in [0.1, 0.15) is 12.4 Å². The summed E-state index contributed by atoms with van der Waals surface area (Å²) in [6, 6.07) is 5.67. The molecule has 0 saturated heterocycles. The lowest BCUT2D eigenvalue weighted by Gasteiger charge is -2.07. The zero-order valence-corrected chi connectivity index (χ0v) is 8.82. The van der Waals surface area contributed by atoms with Crippen LogP contribution < -0.4 is 4.74 Å². The standard InChI is InChI=1S/C13H14O2/c1-3-6-15-10-4-5-11-12(8-10)9(2)7-13(11)14/h3-5,8-9H,1,6-7H2,2H3. The predicted octanol–water partition coefficient (Wildman–Crippen LogP) is 2.94. The number of carbonyl (C=O) groups excluding carboxylic acids is 1. The molecule has 1 unspecified atom stereocenters. The molecule has 0 saturated carbocycles. The second kappa shape index (κ2) is 3.89. The highest BCUT2D eigenvalue weighted by Crippen LogP contribution is 2.34. The van der Waals surface area contributed by atoms with Crippen molar-refractivity contribution in [3.05, 3.63) is 42.0 Å². The lowest BCUT2D eigenvalue weighted by Crippen LogP contribution is -1.95. The van der Waals surface area contributed by atoms with E-state index in [-0.39, 0.29) is 5.78 Å². The van der Waals surface area contributed by atoms with Crippen molar-refractivity contribution >= 4 is 5.78 Å². The molecule has 78 valence electrons. The van der Waals surface area contributed by atoms with E-state index in [1.807, 2.05) is 18.2 Å². The molecule has 0 spiro atoms. The van der Waals surface area contributed by atoms with Gasteiger partial charge < -0.3 is 4.74 Å². The van der Waals surface area contributed by atoms with Crippen LogP contribution in [0.25, 0.3) is 0 Å². The fourth-order valence-corrected chi connectivity index (χ4v) is 1.95. The monoisotopic (exact) mass is 202 g/mol. The van der Waals surface area contributed by atoms with E-state index in [4.69, 9.17) is 4.74 Å². The number of fused-ring (bicyclic) bond motifs is 1. The van der Waals surface area contributed by atoms with Gasteiger partial charge in [0.2, 0.25) is 0 Å². The number of carbonyl (C=O) groups is 1. The number of Topliss-reactive ketones (excluding diaryl/α,β-unsaturated/α-hetero) is 1. The maximum atomic E-state index is 11.5. The summed E-state index contributed by atoms with van der Waals surface area (Å²) < 4.78 is 5.43.